The topological polar surface area (TPSA) is 52.8 Å². The van der Waals surface area contributed by atoms with Crippen LogP contribution in [0.4, 0.5) is 0 Å². The van der Waals surface area contributed by atoms with Crippen molar-refractivity contribution in [2.45, 2.75) is 31.9 Å². The number of hydrogen-bond acceptors (Lipinski definition) is 2. The molecule has 1 unspecified atom stereocenters. The third kappa shape index (κ3) is 4.40. The van der Waals surface area contributed by atoms with E-state index in [0.29, 0.717) is 6.54 Å². The van der Waals surface area contributed by atoms with Crippen LogP contribution in [0, 0.1) is 0 Å². The Morgan fingerprint density at radius 1 is 1.31 bits per heavy atom. The van der Waals surface area contributed by atoms with E-state index in [2.05, 4.69) is 33.8 Å². The van der Waals surface area contributed by atoms with Gasteiger partial charge in [-0.15, -0.1) is 24.0 Å². The highest BCUT2D eigenvalue weighted by atomic mass is 127. The molecule has 5 nitrogen and oxygen atoms in total. The predicted octanol–water partition coefficient (Wildman–Crippen LogP) is 2.87. The molecular weight excluding hydrogens is 439 g/mol. The number of nitrogens with one attached hydrogen (secondary N) is 1. The summed E-state index contributed by atoms with van der Waals surface area (Å²) in [6, 6.07) is 12.3. The Kier molecular flexibility index (Phi) is 7.11. The molecule has 142 valence electrons. The van der Waals surface area contributed by atoms with Crippen molar-refractivity contribution in [3.8, 4) is 0 Å². The monoisotopic (exact) mass is 468 g/mol. The quantitative estimate of drug-likeness (QED) is 0.403. The van der Waals surface area contributed by atoms with Crippen molar-refractivity contribution in [3.63, 3.8) is 0 Å². The molecule has 0 radical (unpaired) electrons. The van der Waals surface area contributed by atoms with Crippen LogP contribution in [0.1, 0.15) is 30.2 Å². The van der Waals surface area contributed by atoms with Crippen LogP contribution in [0.5, 0.6) is 0 Å². The molecule has 1 aromatic carbocycles. The molecule has 1 aliphatic rings. The van der Waals surface area contributed by atoms with Crippen molar-refractivity contribution in [2.24, 2.45) is 12.0 Å². The van der Waals surface area contributed by atoms with Crippen LogP contribution in [-0.2, 0) is 25.6 Å². The van der Waals surface area contributed by atoms with Gasteiger partial charge >= 0.3 is 0 Å². The van der Waals surface area contributed by atoms with Gasteiger partial charge in [-0.1, -0.05) is 24.3 Å². The summed E-state index contributed by atoms with van der Waals surface area (Å²) in [7, 11) is 4.08. The Labute approximate surface area is 173 Å². The summed E-state index contributed by atoms with van der Waals surface area (Å²) < 4.78 is 2.11. The maximum Gasteiger partial charge on any atom is 0.194 e. The largest absolute Gasteiger partial charge is 0.383 e. The highest BCUT2D eigenvalue weighted by Crippen LogP contribution is 2.36. The SMILES string of the molecule is CCNC(=NCC1(O)CCc2ccccc21)N(C)Cc1cccn1C.I. The molecule has 0 spiro atoms. The molecule has 0 saturated heterocycles. The van der Waals surface area contributed by atoms with Gasteiger partial charge in [0, 0.05) is 32.5 Å². The summed E-state index contributed by atoms with van der Waals surface area (Å²) in [5.74, 6) is 0.821. The van der Waals surface area contributed by atoms with Crippen LogP contribution in [0.2, 0.25) is 0 Å². The second kappa shape index (κ2) is 8.90. The molecule has 0 aliphatic heterocycles. The van der Waals surface area contributed by atoms with Gasteiger partial charge in [0.15, 0.2) is 5.96 Å². The van der Waals surface area contributed by atoms with Crippen LogP contribution < -0.4 is 5.32 Å². The number of hydrogen-bond donors (Lipinski definition) is 2. The lowest BCUT2D eigenvalue weighted by atomic mass is 9.96. The van der Waals surface area contributed by atoms with Crippen molar-refractivity contribution < 1.29 is 5.11 Å². The van der Waals surface area contributed by atoms with E-state index in [1.807, 2.05) is 44.6 Å². The number of benzene rings is 1. The fourth-order valence-electron chi connectivity index (χ4n) is 3.49. The van der Waals surface area contributed by atoms with Gasteiger partial charge in [-0.05, 0) is 43.0 Å². The first-order valence-corrected chi connectivity index (χ1v) is 8.94. The number of nitrogens with zero attached hydrogens (tertiary/aromatic N) is 3. The van der Waals surface area contributed by atoms with Gasteiger partial charge in [0.2, 0.25) is 0 Å². The minimum absolute atomic E-state index is 0. The molecular formula is C20H29IN4O. The maximum atomic E-state index is 11.1. The van der Waals surface area contributed by atoms with Gasteiger partial charge in [-0.3, -0.25) is 0 Å². The number of aliphatic imine (C=N–C) groups is 1. The van der Waals surface area contributed by atoms with Crippen LogP contribution in [0.3, 0.4) is 0 Å². The van der Waals surface area contributed by atoms with Gasteiger partial charge in [-0.25, -0.2) is 4.99 Å². The van der Waals surface area contributed by atoms with E-state index in [-0.39, 0.29) is 24.0 Å². The summed E-state index contributed by atoms with van der Waals surface area (Å²) in [5, 5.41) is 14.4. The van der Waals surface area contributed by atoms with E-state index >= 15 is 0 Å². The Balaban J connectivity index is 0.00000243. The third-order valence-corrected chi connectivity index (χ3v) is 4.96. The number of aliphatic hydroxyl groups is 1. The average Bonchev–Trinajstić information content (AvgIpc) is 3.16. The normalized spacial score (nSPS) is 19.0. The maximum absolute atomic E-state index is 11.1. The lowest BCUT2D eigenvalue weighted by Crippen LogP contribution is -2.40. The van der Waals surface area contributed by atoms with Crippen LogP contribution in [-0.4, -0.2) is 40.7 Å². The van der Waals surface area contributed by atoms with Crippen LogP contribution in [0.15, 0.2) is 47.6 Å². The summed E-state index contributed by atoms with van der Waals surface area (Å²) in [5.41, 5.74) is 2.63. The second-order valence-corrected chi connectivity index (χ2v) is 6.83. The van der Waals surface area contributed by atoms with E-state index in [1.165, 1.54) is 11.3 Å². The van der Waals surface area contributed by atoms with Gasteiger partial charge < -0.3 is 19.9 Å². The number of halogens is 1. The van der Waals surface area contributed by atoms with E-state index in [4.69, 9.17) is 4.99 Å². The third-order valence-electron chi connectivity index (χ3n) is 4.96. The van der Waals surface area contributed by atoms with Gasteiger partial charge in [0.25, 0.3) is 0 Å². The van der Waals surface area contributed by atoms with Gasteiger partial charge in [0.1, 0.15) is 5.60 Å². The summed E-state index contributed by atoms with van der Waals surface area (Å²) in [6.07, 6.45) is 3.69. The molecule has 0 saturated carbocycles. The smallest absolute Gasteiger partial charge is 0.194 e. The zero-order chi connectivity index (χ0) is 17.9. The van der Waals surface area contributed by atoms with E-state index in [9.17, 15) is 5.11 Å². The molecule has 1 heterocycles. The molecule has 0 amide bonds. The number of rotatable bonds is 5. The van der Waals surface area contributed by atoms with Crippen molar-refractivity contribution in [1.82, 2.24) is 14.8 Å². The highest BCUT2D eigenvalue weighted by molar-refractivity contribution is 14.0. The first kappa shape index (κ1) is 20.8. The van der Waals surface area contributed by atoms with E-state index in [1.54, 1.807) is 0 Å². The van der Waals surface area contributed by atoms with Crippen LogP contribution in [0.25, 0.3) is 0 Å². The number of aromatic nitrogens is 1. The van der Waals surface area contributed by atoms with Gasteiger partial charge in [-0.2, -0.15) is 0 Å². The molecule has 1 aliphatic carbocycles. The fraction of sp³-hybridized carbons (Fsp3) is 0.450. The molecule has 0 bridgehead atoms. The number of guanidine groups is 1. The van der Waals surface area contributed by atoms with Crippen molar-refractivity contribution in [3.05, 3.63) is 59.4 Å². The minimum atomic E-state index is -0.858. The zero-order valence-corrected chi connectivity index (χ0v) is 18.1. The lowest BCUT2D eigenvalue weighted by Gasteiger charge is -2.26. The summed E-state index contributed by atoms with van der Waals surface area (Å²) in [6.45, 7) is 4.00. The predicted molar refractivity (Wildman–Crippen MR) is 117 cm³/mol. The first-order valence-electron chi connectivity index (χ1n) is 8.94. The molecule has 26 heavy (non-hydrogen) atoms. The first-order chi connectivity index (χ1) is 12.0. The standard InChI is InChI=1S/C20H28N4O.HI/c1-4-21-19(24(3)14-17-9-7-13-23(17)2)22-15-20(25)12-11-16-8-5-6-10-18(16)20;/h5-10,13,25H,4,11-12,14-15H2,1-3H3,(H,21,22);1H. The van der Waals surface area contributed by atoms with Crippen LogP contribution >= 0.6 is 24.0 Å². The number of fused-ring (bicyclic) bond motifs is 1. The lowest BCUT2D eigenvalue weighted by molar-refractivity contribution is 0.0483. The van der Waals surface area contributed by atoms with Crippen molar-refractivity contribution >= 4 is 29.9 Å². The molecule has 1 atom stereocenters. The Hall–Kier alpha value is -1.54. The zero-order valence-electron chi connectivity index (χ0n) is 15.8. The van der Waals surface area contributed by atoms with Crippen molar-refractivity contribution in [2.75, 3.05) is 20.1 Å². The van der Waals surface area contributed by atoms with Crippen molar-refractivity contribution in [1.29, 1.82) is 0 Å². The average molecular weight is 468 g/mol. The Morgan fingerprint density at radius 2 is 2.08 bits per heavy atom. The molecule has 2 N–H and O–H groups in total. The molecule has 3 rings (SSSR count). The number of aryl methyl sites for hydroxylation is 2. The Morgan fingerprint density at radius 3 is 2.77 bits per heavy atom. The summed E-state index contributed by atoms with van der Waals surface area (Å²) in [4.78, 5) is 6.85. The second-order valence-electron chi connectivity index (χ2n) is 6.83. The van der Waals surface area contributed by atoms with E-state index < -0.39 is 5.60 Å². The fourth-order valence-corrected chi connectivity index (χ4v) is 3.49. The summed E-state index contributed by atoms with van der Waals surface area (Å²) >= 11 is 0. The van der Waals surface area contributed by atoms with E-state index in [0.717, 1.165) is 37.5 Å². The minimum Gasteiger partial charge on any atom is -0.383 e. The highest BCUT2D eigenvalue weighted by Gasteiger charge is 2.36. The Bertz CT molecular complexity index is 758. The molecule has 6 heteroatoms. The van der Waals surface area contributed by atoms with Gasteiger partial charge in [0.05, 0.1) is 13.1 Å². The molecule has 1 aromatic heterocycles. The molecule has 0 fully saturated rings. The molecule has 2 aromatic rings.